The Morgan fingerprint density at radius 1 is 0.622 bits per heavy atom. The first-order chi connectivity index (χ1) is 39.9. The standard InChI is InChI=1S/C65H87N11O6/c1-5-44(2)62(79)67-54-29-15-14-28-52-35-37-58(76(52)65(54)82)63(80)68-61(49-24-10-7-11-25-49)56-43-74(72-70-56)39-19-17-21-47-32-30-46(31-33-47)20-16-18-38-73-42-55(69-71-73)53(48-22-8-6-9-23-48)41-60(78)57-36-34-51-27-13-12-26-50(64(81)75(51)57)40-59(77)45(3)66-4/h6-11,22-25,30-33,42-45,50-54,57-58,61,66H,5,12-21,26-29,34-41H2,1-4H3,(H,67,79)(H,68,80)/t44-,45+,50-,51+,52?,53+,54+,57+,58?,61?/m1/s1. The van der Waals surface area contributed by atoms with Crippen LogP contribution in [0.5, 0.6) is 0 Å². The molecule has 0 radical (unpaired) electrons. The second-order valence-electron chi connectivity index (χ2n) is 23.8. The van der Waals surface area contributed by atoms with Crippen LogP contribution in [0.4, 0.5) is 0 Å². The van der Waals surface area contributed by atoms with Crippen molar-refractivity contribution in [1.82, 2.24) is 55.7 Å². The zero-order valence-corrected chi connectivity index (χ0v) is 48.8. The van der Waals surface area contributed by atoms with Gasteiger partial charge in [0, 0.05) is 62.0 Å². The van der Waals surface area contributed by atoms with Gasteiger partial charge in [-0.05, 0) is 133 Å². The van der Waals surface area contributed by atoms with E-state index in [9.17, 15) is 28.8 Å². The molecule has 0 saturated carbocycles. The number of nitrogens with one attached hydrogen (secondary N) is 3. The molecule has 17 heteroatoms. The lowest BCUT2D eigenvalue weighted by atomic mass is 9.87. The molecule has 6 heterocycles. The maximum Gasteiger partial charge on any atom is 0.246 e. The minimum atomic E-state index is -0.634. The van der Waals surface area contributed by atoms with Crippen molar-refractivity contribution < 1.29 is 28.8 Å². The molecule has 3 N–H and O–H groups in total. The number of nitrogens with zero attached hydrogens (tertiary/aromatic N) is 8. The summed E-state index contributed by atoms with van der Waals surface area (Å²) in [6.45, 7) is 7.06. The average Bonchev–Trinajstić information content (AvgIpc) is 4.39. The Morgan fingerprint density at radius 2 is 1.17 bits per heavy atom. The highest BCUT2D eigenvalue weighted by Gasteiger charge is 2.46. The second-order valence-corrected chi connectivity index (χ2v) is 23.8. The molecule has 82 heavy (non-hydrogen) atoms. The molecular formula is C65H87N11O6. The topological polar surface area (TPSA) is 206 Å². The van der Waals surface area contributed by atoms with E-state index in [1.165, 1.54) is 11.1 Å². The molecule has 4 amide bonds. The largest absolute Gasteiger partial charge is 0.344 e. The lowest BCUT2D eigenvalue weighted by Gasteiger charge is -2.36. The van der Waals surface area contributed by atoms with Gasteiger partial charge in [0.15, 0.2) is 5.78 Å². The molecule has 0 bridgehead atoms. The Labute approximate surface area is 484 Å². The number of benzene rings is 3. The normalized spacial score (nSPS) is 22.6. The van der Waals surface area contributed by atoms with Crippen molar-refractivity contribution in [3.8, 4) is 0 Å². The molecule has 4 aliphatic heterocycles. The molecule has 9 rings (SSSR count). The van der Waals surface area contributed by atoms with E-state index in [1.54, 1.807) is 11.9 Å². The third-order valence-electron chi connectivity index (χ3n) is 18.2. The molecule has 17 nitrogen and oxygen atoms in total. The number of amides is 4. The molecule has 3 unspecified atom stereocenters. The summed E-state index contributed by atoms with van der Waals surface area (Å²) in [7, 11) is 1.76. The minimum Gasteiger partial charge on any atom is -0.344 e. The highest BCUT2D eigenvalue weighted by Crippen LogP contribution is 2.38. The molecule has 2 aromatic heterocycles. The van der Waals surface area contributed by atoms with Crippen LogP contribution in [0.15, 0.2) is 97.3 Å². The van der Waals surface area contributed by atoms with E-state index >= 15 is 0 Å². The van der Waals surface area contributed by atoms with E-state index in [-0.39, 0.29) is 78.0 Å². The van der Waals surface area contributed by atoms with Crippen LogP contribution in [0.2, 0.25) is 0 Å². The fourth-order valence-electron chi connectivity index (χ4n) is 13.0. The molecule has 0 aliphatic carbocycles. The van der Waals surface area contributed by atoms with E-state index in [2.05, 4.69) is 60.8 Å². The summed E-state index contributed by atoms with van der Waals surface area (Å²) >= 11 is 0. The molecule has 4 aliphatic rings. The van der Waals surface area contributed by atoms with Crippen LogP contribution < -0.4 is 16.0 Å². The Hall–Kier alpha value is -6.88. The van der Waals surface area contributed by atoms with Gasteiger partial charge in [-0.2, -0.15) is 0 Å². The van der Waals surface area contributed by atoms with Crippen molar-refractivity contribution in [2.45, 2.75) is 217 Å². The number of unbranched alkanes of at least 4 members (excludes halogenated alkanes) is 2. The third kappa shape index (κ3) is 15.0. The lowest BCUT2D eigenvalue weighted by Crippen LogP contribution is -2.57. The maximum atomic E-state index is 14.4. The van der Waals surface area contributed by atoms with Crippen molar-refractivity contribution in [3.05, 3.63) is 131 Å². The van der Waals surface area contributed by atoms with Crippen LogP contribution >= 0.6 is 0 Å². The average molecular weight is 1120 g/mol. The predicted octanol–water partition coefficient (Wildman–Crippen LogP) is 8.79. The van der Waals surface area contributed by atoms with Crippen LogP contribution in [-0.4, -0.2) is 118 Å². The summed E-state index contributed by atoms with van der Waals surface area (Å²) in [6, 6.07) is 26.0. The van der Waals surface area contributed by atoms with Crippen LogP contribution in [0.25, 0.3) is 0 Å². The number of fused-ring (bicyclic) bond motifs is 2. The number of likely N-dealkylation sites (N-methyl/N-ethyl adjacent to an activating group) is 1. The number of ketones is 2. The van der Waals surface area contributed by atoms with Gasteiger partial charge in [0.1, 0.15) is 23.6 Å². The highest BCUT2D eigenvalue weighted by atomic mass is 16.2. The van der Waals surface area contributed by atoms with Crippen molar-refractivity contribution >= 4 is 35.2 Å². The third-order valence-corrected chi connectivity index (χ3v) is 18.2. The van der Waals surface area contributed by atoms with Crippen molar-refractivity contribution in [2.24, 2.45) is 11.8 Å². The van der Waals surface area contributed by atoms with Gasteiger partial charge in [0.2, 0.25) is 23.6 Å². The van der Waals surface area contributed by atoms with E-state index in [0.717, 1.165) is 107 Å². The van der Waals surface area contributed by atoms with E-state index < -0.39 is 30.1 Å². The van der Waals surface area contributed by atoms with Gasteiger partial charge in [0.05, 0.1) is 30.0 Å². The van der Waals surface area contributed by atoms with Crippen molar-refractivity contribution in [1.29, 1.82) is 0 Å². The van der Waals surface area contributed by atoms with Crippen molar-refractivity contribution in [2.75, 3.05) is 7.05 Å². The van der Waals surface area contributed by atoms with Gasteiger partial charge in [0.25, 0.3) is 0 Å². The first-order valence-corrected chi connectivity index (χ1v) is 30.8. The first-order valence-electron chi connectivity index (χ1n) is 30.8. The molecule has 438 valence electrons. The second kappa shape index (κ2) is 28.9. The minimum absolute atomic E-state index is 0.0302. The number of rotatable bonds is 26. The van der Waals surface area contributed by atoms with Crippen LogP contribution in [0.1, 0.15) is 188 Å². The van der Waals surface area contributed by atoms with E-state index in [1.807, 2.05) is 108 Å². The van der Waals surface area contributed by atoms with Crippen LogP contribution in [0, 0.1) is 11.8 Å². The summed E-state index contributed by atoms with van der Waals surface area (Å²) in [5.41, 5.74) is 5.83. The number of hydrogen-bond acceptors (Lipinski definition) is 11. The molecule has 10 atom stereocenters. The van der Waals surface area contributed by atoms with Gasteiger partial charge in [-0.1, -0.05) is 135 Å². The first kappa shape index (κ1) is 59.7. The maximum absolute atomic E-state index is 14.4. The zero-order valence-electron chi connectivity index (χ0n) is 48.8. The monoisotopic (exact) mass is 1120 g/mol. The fraction of sp³-hybridized carbons (Fsp3) is 0.569. The number of hydrogen-bond donors (Lipinski definition) is 3. The van der Waals surface area contributed by atoms with Gasteiger partial charge < -0.3 is 25.8 Å². The zero-order chi connectivity index (χ0) is 57.5. The molecule has 3 aromatic carbocycles. The smallest absolute Gasteiger partial charge is 0.246 e. The predicted molar refractivity (Wildman–Crippen MR) is 314 cm³/mol. The Morgan fingerprint density at radius 3 is 1.78 bits per heavy atom. The molecule has 4 fully saturated rings. The van der Waals surface area contributed by atoms with Crippen LogP contribution in [0.3, 0.4) is 0 Å². The molecular weight excluding hydrogens is 1030 g/mol. The molecule has 5 aromatic rings. The number of aryl methyl sites for hydroxylation is 4. The number of carbonyl (C=O) groups is 6. The van der Waals surface area contributed by atoms with Gasteiger partial charge >= 0.3 is 0 Å². The fourth-order valence-corrected chi connectivity index (χ4v) is 13.0. The Balaban J connectivity index is 0.734. The quantitative estimate of drug-likeness (QED) is 0.0446. The van der Waals surface area contributed by atoms with Gasteiger partial charge in [-0.3, -0.25) is 38.1 Å². The summed E-state index contributed by atoms with van der Waals surface area (Å²) in [4.78, 5) is 86.6. The number of Topliss-reactive ketones (excluding diaryl/α,β-unsaturated/α-hetero) is 2. The molecule has 4 saturated heterocycles. The summed E-state index contributed by atoms with van der Waals surface area (Å²) in [5, 5.41) is 27.5. The number of aromatic nitrogens is 6. The SMILES string of the molecule is CC[C@@H](C)C(=O)N[C@H]1CCCCC2CCC(C(=O)NC(c3ccccc3)c3cn(CCCCc4ccc(CCCCn5cc([C@@H](CC(=O)[C@@H]6CC[C@@H]7CCCC[C@H](CC(=O)[C@H](C)NC)C(=O)N76)c6ccccc6)nn5)cc4)nn3)N2C1=O. The van der Waals surface area contributed by atoms with Gasteiger partial charge in [-0.15, -0.1) is 10.2 Å². The highest BCUT2D eigenvalue weighted by molar-refractivity contribution is 5.95. The van der Waals surface area contributed by atoms with Crippen molar-refractivity contribution in [3.63, 3.8) is 0 Å². The Kier molecular flexibility index (Phi) is 21.0. The van der Waals surface area contributed by atoms with E-state index in [0.29, 0.717) is 50.9 Å². The van der Waals surface area contributed by atoms with Crippen LogP contribution in [-0.2, 0) is 54.7 Å². The lowest BCUT2D eigenvalue weighted by molar-refractivity contribution is -0.145. The number of carbonyl (C=O) groups excluding carboxylic acids is 6. The summed E-state index contributed by atoms with van der Waals surface area (Å²) < 4.78 is 3.74. The Bertz CT molecular complexity index is 2710. The van der Waals surface area contributed by atoms with Gasteiger partial charge in [-0.25, -0.2) is 0 Å². The van der Waals surface area contributed by atoms with E-state index in [4.69, 9.17) is 0 Å². The summed E-state index contributed by atoms with van der Waals surface area (Å²) in [5.74, 6) is -1.34. The summed E-state index contributed by atoms with van der Waals surface area (Å²) in [6.07, 6.45) is 20.1. The molecule has 0 spiro atoms.